The van der Waals surface area contributed by atoms with E-state index in [1.54, 1.807) is 0 Å². The molecule has 1 aromatic carbocycles. The van der Waals surface area contributed by atoms with Crippen LogP contribution in [0.15, 0.2) is 46.0 Å². The van der Waals surface area contributed by atoms with Crippen LogP contribution in [-0.2, 0) is 6.42 Å². The van der Waals surface area contributed by atoms with Crippen molar-refractivity contribution in [1.82, 2.24) is 0 Å². The van der Waals surface area contributed by atoms with E-state index in [1.165, 1.54) is 21.8 Å². The zero-order valence-corrected chi connectivity index (χ0v) is 11.1. The normalized spacial score (nSPS) is 23.4. The number of nitrogens with two attached hydrogens (primary N) is 1. The van der Waals surface area contributed by atoms with Crippen LogP contribution in [0.1, 0.15) is 23.6 Å². The van der Waals surface area contributed by atoms with E-state index in [1.807, 2.05) is 23.1 Å². The van der Waals surface area contributed by atoms with E-state index < -0.39 is 0 Å². The van der Waals surface area contributed by atoms with Crippen molar-refractivity contribution in [2.45, 2.75) is 28.3 Å². The summed E-state index contributed by atoms with van der Waals surface area (Å²) < 4.78 is 1.38. The maximum atomic E-state index is 6.39. The van der Waals surface area contributed by atoms with Gasteiger partial charge in [0.05, 0.1) is 4.21 Å². The fraction of sp³-hybridized carbons (Fsp3) is 0.286. The molecule has 1 aliphatic carbocycles. The Morgan fingerprint density at radius 2 is 2.06 bits per heavy atom. The fourth-order valence-electron chi connectivity index (χ4n) is 2.38. The standard InChI is InChI=1S/C14H15NS2/c15-14-11-5-2-1-4-10(11)7-8-12(14)17-13-6-3-9-16-13/h1-6,9,12,14H,7-8,15H2. The van der Waals surface area contributed by atoms with Gasteiger partial charge in [-0.15, -0.1) is 23.1 Å². The van der Waals surface area contributed by atoms with E-state index in [9.17, 15) is 0 Å². The average molecular weight is 261 g/mol. The first-order chi connectivity index (χ1) is 8.34. The molecule has 0 spiro atoms. The van der Waals surface area contributed by atoms with Crippen molar-refractivity contribution in [2.75, 3.05) is 0 Å². The number of hydrogen-bond acceptors (Lipinski definition) is 3. The third kappa shape index (κ3) is 2.28. The maximum absolute atomic E-state index is 6.39. The van der Waals surface area contributed by atoms with E-state index in [2.05, 4.69) is 41.8 Å². The minimum Gasteiger partial charge on any atom is -0.323 e. The van der Waals surface area contributed by atoms with Gasteiger partial charge in [0.25, 0.3) is 0 Å². The molecule has 1 heterocycles. The number of hydrogen-bond donors (Lipinski definition) is 1. The van der Waals surface area contributed by atoms with Crippen LogP contribution >= 0.6 is 23.1 Å². The molecule has 3 rings (SSSR count). The van der Waals surface area contributed by atoms with Crippen molar-refractivity contribution in [2.24, 2.45) is 5.73 Å². The average Bonchev–Trinajstić information content (AvgIpc) is 2.86. The Morgan fingerprint density at radius 3 is 2.88 bits per heavy atom. The van der Waals surface area contributed by atoms with Crippen LogP contribution in [0.4, 0.5) is 0 Å². The molecule has 1 aromatic heterocycles. The van der Waals surface area contributed by atoms with Gasteiger partial charge in [-0.1, -0.05) is 30.3 Å². The zero-order valence-electron chi connectivity index (χ0n) is 9.50. The van der Waals surface area contributed by atoms with E-state index in [4.69, 9.17) is 5.73 Å². The Bertz CT molecular complexity index is 493. The Kier molecular flexibility index (Phi) is 3.23. The monoisotopic (exact) mass is 261 g/mol. The molecule has 88 valence electrons. The van der Waals surface area contributed by atoms with Gasteiger partial charge in [-0.05, 0) is 35.4 Å². The van der Waals surface area contributed by atoms with Crippen LogP contribution in [0.3, 0.4) is 0 Å². The van der Waals surface area contributed by atoms with Crippen LogP contribution in [0.25, 0.3) is 0 Å². The number of rotatable bonds is 2. The van der Waals surface area contributed by atoms with E-state index in [0.29, 0.717) is 5.25 Å². The second-order valence-electron chi connectivity index (χ2n) is 4.35. The second kappa shape index (κ2) is 4.84. The molecule has 0 saturated heterocycles. The first-order valence-corrected chi connectivity index (χ1v) is 7.64. The lowest BCUT2D eigenvalue weighted by Gasteiger charge is -2.30. The van der Waals surface area contributed by atoms with Crippen LogP contribution in [0, 0.1) is 0 Å². The van der Waals surface area contributed by atoms with Gasteiger partial charge in [0, 0.05) is 11.3 Å². The summed E-state index contributed by atoms with van der Waals surface area (Å²) in [4.78, 5) is 0. The first-order valence-electron chi connectivity index (χ1n) is 5.88. The quantitative estimate of drug-likeness (QED) is 0.888. The Labute approximate surface area is 110 Å². The van der Waals surface area contributed by atoms with E-state index in [0.717, 1.165) is 6.42 Å². The van der Waals surface area contributed by atoms with Gasteiger partial charge in [-0.3, -0.25) is 0 Å². The molecule has 0 bridgehead atoms. The lowest BCUT2D eigenvalue weighted by Crippen LogP contribution is -2.29. The predicted octanol–water partition coefficient (Wildman–Crippen LogP) is 3.86. The fourth-order valence-corrected chi connectivity index (χ4v) is 4.57. The van der Waals surface area contributed by atoms with Crippen LogP contribution in [0.2, 0.25) is 0 Å². The summed E-state index contributed by atoms with van der Waals surface area (Å²) in [5, 5.41) is 2.65. The van der Waals surface area contributed by atoms with Crippen LogP contribution in [0.5, 0.6) is 0 Å². The van der Waals surface area contributed by atoms with Gasteiger partial charge in [0.1, 0.15) is 0 Å². The summed E-state index contributed by atoms with van der Waals surface area (Å²) in [6.07, 6.45) is 2.34. The SMILES string of the molecule is NC1c2ccccc2CCC1Sc1cccs1. The maximum Gasteiger partial charge on any atom is 0.0601 e. The number of thiophene rings is 1. The highest BCUT2D eigenvalue weighted by Gasteiger charge is 2.27. The molecule has 0 radical (unpaired) electrons. The molecule has 2 atom stereocenters. The summed E-state index contributed by atoms with van der Waals surface area (Å²) >= 11 is 3.74. The topological polar surface area (TPSA) is 26.0 Å². The largest absolute Gasteiger partial charge is 0.323 e. The van der Waals surface area contributed by atoms with Crippen molar-refractivity contribution in [3.8, 4) is 0 Å². The minimum atomic E-state index is 0.173. The third-order valence-corrected chi connectivity index (χ3v) is 5.71. The summed E-state index contributed by atoms with van der Waals surface area (Å²) in [7, 11) is 0. The molecule has 3 heteroatoms. The Balaban J connectivity index is 1.82. The molecule has 2 N–H and O–H groups in total. The van der Waals surface area contributed by atoms with Gasteiger partial charge in [-0.25, -0.2) is 0 Å². The highest BCUT2D eigenvalue weighted by Crippen LogP contribution is 2.40. The molecule has 2 unspecified atom stereocenters. The van der Waals surface area contributed by atoms with Gasteiger partial charge in [0.2, 0.25) is 0 Å². The molecule has 1 aliphatic rings. The summed E-state index contributed by atoms with van der Waals surface area (Å²) in [6, 6.07) is 13.1. The van der Waals surface area contributed by atoms with Gasteiger partial charge >= 0.3 is 0 Å². The van der Waals surface area contributed by atoms with Gasteiger partial charge < -0.3 is 5.73 Å². The van der Waals surface area contributed by atoms with Gasteiger partial charge in [-0.2, -0.15) is 0 Å². The Morgan fingerprint density at radius 1 is 1.18 bits per heavy atom. The lowest BCUT2D eigenvalue weighted by molar-refractivity contribution is 0.587. The molecule has 17 heavy (non-hydrogen) atoms. The number of fused-ring (bicyclic) bond motifs is 1. The van der Waals surface area contributed by atoms with Crippen molar-refractivity contribution >= 4 is 23.1 Å². The van der Waals surface area contributed by atoms with Crippen molar-refractivity contribution in [3.05, 3.63) is 52.9 Å². The van der Waals surface area contributed by atoms with Crippen molar-refractivity contribution in [1.29, 1.82) is 0 Å². The van der Waals surface area contributed by atoms with Gasteiger partial charge in [0.15, 0.2) is 0 Å². The molecule has 1 nitrogen and oxygen atoms in total. The van der Waals surface area contributed by atoms with Crippen LogP contribution < -0.4 is 5.73 Å². The van der Waals surface area contributed by atoms with Crippen molar-refractivity contribution in [3.63, 3.8) is 0 Å². The summed E-state index contributed by atoms with van der Waals surface area (Å²) in [6.45, 7) is 0. The molecule has 0 fully saturated rings. The molecular weight excluding hydrogens is 246 g/mol. The predicted molar refractivity (Wildman–Crippen MR) is 75.7 cm³/mol. The molecule has 0 amide bonds. The highest BCUT2D eigenvalue weighted by atomic mass is 32.2. The first kappa shape index (κ1) is 11.3. The molecule has 0 saturated carbocycles. The lowest BCUT2D eigenvalue weighted by atomic mass is 9.88. The molecular formula is C14H15NS2. The highest BCUT2D eigenvalue weighted by molar-refractivity contribution is 8.01. The number of thioether (sulfide) groups is 1. The van der Waals surface area contributed by atoms with E-state index >= 15 is 0 Å². The Hall–Kier alpha value is -0.770. The third-order valence-electron chi connectivity index (χ3n) is 3.28. The van der Waals surface area contributed by atoms with Crippen LogP contribution in [-0.4, -0.2) is 5.25 Å². The number of aryl methyl sites for hydroxylation is 1. The molecule has 0 aliphatic heterocycles. The summed E-state index contributed by atoms with van der Waals surface area (Å²) in [5.74, 6) is 0. The minimum absolute atomic E-state index is 0.173. The smallest absolute Gasteiger partial charge is 0.0601 e. The number of benzene rings is 1. The van der Waals surface area contributed by atoms with E-state index in [-0.39, 0.29) is 6.04 Å². The molecule has 2 aromatic rings. The zero-order chi connectivity index (χ0) is 11.7. The van der Waals surface area contributed by atoms with Crippen molar-refractivity contribution < 1.29 is 0 Å². The second-order valence-corrected chi connectivity index (χ2v) is 6.84. The summed E-state index contributed by atoms with van der Waals surface area (Å²) in [5.41, 5.74) is 9.16.